The number of pyridine rings is 1. The van der Waals surface area contributed by atoms with E-state index in [4.69, 9.17) is 11.6 Å². The van der Waals surface area contributed by atoms with Gasteiger partial charge in [-0.2, -0.15) is 0 Å². The Bertz CT molecular complexity index is 1180. The van der Waals surface area contributed by atoms with Gasteiger partial charge in [0.25, 0.3) is 5.91 Å². The maximum Gasteiger partial charge on any atom is 0.317 e. The van der Waals surface area contributed by atoms with Crippen molar-refractivity contribution >= 4 is 64.9 Å². The Kier molecular flexibility index (Phi) is 10.3. The number of anilines is 1. The number of thiazole rings is 1. The fourth-order valence-corrected chi connectivity index (χ4v) is 5.43. The molecule has 2 aromatic rings. The highest BCUT2D eigenvalue weighted by Crippen LogP contribution is 2.25. The van der Waals surface area contributed by atoms with Gasteiger partial charge in [0.15, 0.2) is 5.01 Å². The summed E-state index contributed by atoms with van der Waals surface area (Å²) in [7, 11) is 2.02. The van der Waals surface area contributed by atoms with Gasteiger partial charge < -0.3 is 31.1 Å². The van der Waals surface area contributed by atoms with Crippen molar-refractivity contribution in [3.05, 3.63) is 38.9 Å². The van der Waals surface area contributed by atoms with E-state index in [1.807, 2.05) is 14.0 Å². The van der Waals surface area contributed by atoms with Crippen molar-refractivity contribution in [1.82, 2.24) is 35.7 Å². The molecule has 2 aliphatic rings. The number of fused-ring (bicyclic) bond motifs is 1. The van der Waals surface area contributed by atoms with Crippen molar-refractivity contribution in [2.75, 3.05) is 38.5 Å². The van der Waals surface area contributed by atoms with Crippen LogP contribution in [0, 0.1) is 0 Å². The van der Waals surface area contributed by atoms with E-state index in [0.29, 0.717) is 29.5 Å². The van der Waals surface area contributed by atoms with E-state index in [2.05, 4.69) is 36.1 Å². The lowest BCUT2D eigenvalue weighted by molar-refractivity contribution is -0.136. The van der Waals surface area contributed by atoms with Crippen molar-refractivity contribution in [2.45, 2.75) is 38.4 Å². The largest absolute Gasteiger partial charge is 0.343 e. The summed E-state index contributed by atoms with van der Waals surface area (Å²) < 4.78 is 0. The molecule has 0 aromatic carbocycles. The SMILES string of the molecule is CCNC(=O)N1CC[C@H](NC(=O)C(=O)Nc2ccc(Cl)cn2)[C@H](NC(=O)c2nc3c(s2)CN(C)CC3)C1.Cl. The van der Waals surface area contributed by atoms with Gasteiger partial charge in [-0.1, -0.05) is 11.6 Å². The predicted molar refractivity (Wildman–Crippen MR) is 146 cm³/mol. The number of carbonyl (C=O) groups excluding carboxylic acids is 4. The third kappa shape index (κ3) is 7.31. The molecule has 2 aromatic heterocycles. The zero-order valence-electron chi connectivity index (χ0n) is 21.0. The molecule has 0 radical (unpaired) electrons. The monoisotopic (exact) mass is 584 g/mol. The lowest BCUT2D eigenvalue weighted by atomic mass is 9.99. The summed E-state index contributed by atoms with van der Waals surface area (Å²) in [4.78, 5) is 64.0. The number of urea groups is 1. The molecule has 2 aliphatic heterocycles. The highest BCUT2D eigenvalue weighted by Gasteiger charge is 2.35. The normalized spacial score (nSPS) is 19.0. The molecule has 1 saturated heterocycles. The second kappa shape index (κ2) is 13.2. The first kappa shape index (κ1) is 29.6. The van der Waals surface area contributed by atoms with Crippen molar-refractivity contribution in [3.8, 4) is 0 Å². The third-order valence-corrected chi connectivity index (χ3v) is 7.46. The lowest BCUT2D eigenvalue weighted by Crippen LogP contribution is -2.63. The van der Waals surface area contributed by atoms with Gasteiger partial charge in [-0.15, -0.1) is 23.7 Å². The van der Waals surface area contributed by atoms with Crippen molar-refractivity contribution in [3.63, 3.8) is 0 Å². The van der Waals surface area contributed by atoms with Crippen LogP contribution >= 0.6 is 35.3 Å². The molecular formula is C23H30Cl2N8O4S. The Morgan fingerprint density at radius 3 is 2.63 bits per heavy atom. The molecule has 0 aliphatic carbocycles. The first-order chi connectivity index (χ1) is 17.7. The maximum absolute atomic E-state index is 13.1. The van der Waals surface area contributed by atoms with Crippen molar-refractivity contribution in [1.29, 1.82) is 0 Å². The zero-order chi connectivity index (χ0) is 26.5. The summed E-state index contributed by atoms with van der Waals surface area (Å²) in [5.41, 5.74) is 0.929. The van der Waals surface area contributed by atoms with Crippen LogP contribution in [-0.2, 0) is 22.6 Å². The van der Waals surface area contributed by atoms with Gasteiger partial charge in [0.1, 0.15) is 5.82 Å². The maximum atomic E-state index is 13.1. The van der Waals surface area contributed by atoms with Gasteiger partial charge in [0.2, 0.25) is 0 Å². The van der Waals surface area contributed by atoms with Gasteiger partial charge in [0.05, 0.1) is 22.8 Å². The van der Waals surface area contributed by atoms with Crippen LogP contribution in [0.3, 0.4) is 0 Å². The fourth-order valence-electron chi connectivity index (χ4n) is 4.23. The Morgan fingerprint density at radius 2 is 1.92 bits per heavy atom. The highest BCUT2D eigenvalue weighted by molar-refractivity contribution is 7.13. The molecule has 5 amide bonds. The Balaban J connectivity index is 0.00000400. The number of carbonyl (C=O) groups is 4. The molecule has 15 heteroatoms. The summed E-state index contributed by atoms with van der Waals surface area (Å²) in [6, 6.07) is 1.56. The number of likely N-dealkylation sites (N-methyl/N-ethyl adjacent to an activating group) is 1. The summed E-state index contributed by atoms with van der Waals surface area (Å²) in [6.45, 7) is 4.41. The van der Waals surface area contributed by atoms with E-state index in [0.717, 1.165) is 30.1 Å². The molecule has 206 valence electrons. The van der Waals surface area contributed by atoms with E-state index < -0.39 is 23.9 Å². The van der Waals surface area contributed by atoms with E-state index in [9.17, 15) is 19.2 Å². The van der Waals surface area contributed by atoms with Gasteiger partial charge in [-0.25, -0.2) is 14.8 Å². The molecule has 4 rings (SSSR count). The highest BCUT2D eigenvalue weighted by atomic mass is 35.5. The van der Waals surface area contributed by atoms with Gasteiger partial charge in [-0.05, 0) is 32.5 Å². The molecule has 4 N–H and O–H groups in total. The molecule has 4 heterocycles. The topological polar surface area (TPSA) is 149 Å². The number of hydrogen-bond acceptors (Lipinski definition) is 8. The second-order valence-electron chi connectivity index (χ2n) is 8.92. The second-order valence-corrected chi connectivity index (χ2v) is 10.4. The number of nitrogens with zero attached hydrogens (tertiary/aromatic N) is 4. The van der Waals surface area contributed by atoms with Crippen LogP contribution in [0.25, 0.3) is 0 Å². The molecule has 38 heavy (non-hydrogen) atoms. The Hall–Kier alpha value is -3.00. The average Bonchev–Trinajstić information content (AvgIpc) is 3.30. The number of likely N-dealkylation sites (tertiary alicyclic amines) is 1. The minimum absolute atomic E-state index is 0. The number of nitrogens with one attached hydrogen (secondary N) is 4. The molecule has 12 nitrogen and oxygen atoms in total. The average molecular weight is 586 g/mol. The minimum atomic E-state index is -0.900. The quantitative estimate of drug-likeness (QED) is 0.386. The Labute approximate surface area is 235 Å². The molecule has 0 unspecified atom stereocenters. The van der Waals surface area contributed by atoms with E-state index >= 15 is 0 Å². The molecular weight excluding hydrogens is 555 g/mol. The molecule has 0 saturated carbocycles. The zero-order valence-corrected chi connectivity index (χ0v) is 23.3. The molecule has 0 spiro atoms. The van der Waals surface area contributed by atoms with Crippen LogP contribution in [0.5, 0.6) is 0 Å². The summed E-state index contributed by atoms with van der Waals surface area (Å²) in [5, 5.41) is 11.5. The van der Waals surface area contributed by atoms with Gasteiger partial charge in [-0.3, -0.25) is 14.4 Å². The summed E-state index contributed by atoms with van der Waals surface area (Å²) in [6.07, 6.45) is 2.48. The van der Waals surface area contributed by atoms with Crippen LogP contribution in [0.1, 0.15) is 33.7 Å². The third-order valence-electron chi connectivity index (χ3n) is 6.15. The number of hydrogen-bond donors (Lipinski definition) is 4. The van der Waals surface area contributed by atoms with E-state index in [1.54, 1.807) is 11.0 Å². The van der Waals surface area contributed by atoms with Crippen molar-refractivity contribution in [2.24, 2.45) is 0 Å². The predicted octanol–water partition coefficient (Wildman–Crippen LogP) is 1.26. The number of piperidine rings is 1. The summed E-state index contributed by atoms with van der Waals surface area (Å²) >= 11 is 7.15. The minimum Gasteiger partial charge on any atom is -0.343 e. The number of rotatable bonds is 5. The number of halogens is 2. The van der Waals surface area contributed by atoms with Crippen LogP contribution in [0.2, 0.25) is 5.02 Å². The molecule has 1 fully saturated rings. The first-order valence-corrected chi connectivity index (χ1v) is 13.2. The number of aromatic nitrogens is 2. The molecule has 0 bridgehead atoms. The standard InChI is InChI=1S/C23H29ClN8O4S.ClH/c1-3-25-23(36)32-9-7-14(27-19(33)20(34)30-18-5-4-13(24)10-26-18)16(11-32)28-21(35)22-29-15-6-8-31(2)12-17(15)37-22;/h4-5,10,14,16H,3,6-9,11-12H2,1-2H3,(H,25,36)(H,27,33)(H,28,35)(H,26,30,34);1H/t14-,16+;/m0./s1. The number of amides is 5. The van der Waals surface area contributed by atoms with E-state index in [1.165, 1.54) is 23.6 Å². The van der Waals surface area contributed by atoms with Crippen LogP contribution in [-0.4, -0.2) is 88.8 Å². The van der Waals surface area contributed by atoms with Crippen LogP contribution in [0.15, 0.2) is 18.3 Å². The Morgan fingerprint density at radius 1 is 1.13 bits per heavy atom. The van der Waals surface area contributed by atoms with Gasteiger partial charge >= 0.3 is 17.8 Å². The first-order valence-electron chi connectivity index (χ1n) is 12.0. The van der Waals surface area contributed by atoms with Crippen molar-refractivity contribution < 1.29 is 19.2 Å². The smallest absolute Gasteiger partial charge is 0.317 e. The fraction of sp³-hybridized carbons (Fsp3) is 0.478. The lowest BCUT2D eigenvalue weighted by Gasteiger charge is -2.38. The van der Waals surface area contributed by atoms with Crippen LogP contribution in [0.4, 0.5) is 10.6 Å². The molecule has 2 atom stereocenters. The van der Waals surface area contributed by atoms with Gasteiger partial charge in [0, 0.05) is 50.2 Å². The van der Waals surface area contributed by atoms with Crippen LogP contribution < -0.4 is 21.3 Å². The summed E-state index contributed by atoms with van der Waals surface area (Å²) in [5.74, 6) is -1.97. The van der Waals surface area contributed by atoms with E-state index in [-0.39, 0.29) is 36.7 Å².